The zero-order valence-corrected chi connectivity index (χ0v) is 10.1. The minimum Gasteiger partial charge on any atom is -0.349 e. The number of carbonyl (C=O) groups is 2. The van der Waals surface area contributed by atoms with Gasteiger partial charge in [-0.2, -0.15) is 0 Å². The van der Waals surface area contributed by atoms with Crippen molar-refractivity contribution in [2.24, 2.45) is 5.92 Å². The lowest BCUT2D eigenvalue weighted by molar-refractivity contribution is -0.119. The second-order valence-electron chi connectivity index (χ2n) is 5.04. The summed E-state index contributed by atoms with van der Waals surface area (Å²) in [5, 5.41) is 5.84. The highest BCUT2D eigenvalue weighted by molar-refractivity contribution is 5.94. The highest BCUT2D eigenvalue weighted by Gasteiger charge is 2.29. The summed E-state index contributed by atoms with van der Waals surface area (Å²) in [5.41, 5.74) is 1.94. The second-order valence-corrected chi connectivity index (χ2v) is 5.04. The van der Waals surface area contributed by atoms with Gasteiger partial charge in [0, 0.05) is 18.0 Å². The summed E-state index contributed by atoms with van der Waals surface area (Å²) in [4.78, 5) is 22.7. The van der Waals surface area contributed by atoms with Crippen LogP contribution in [0.1, 0.15) is 37.3 Å². The Morgan fingerprint density at radius 3 is 2.44 bits per heavy atom. The minimum absolute atomic E-state index is 0.117. The second kappa shape index (κ2) is 4.44. The van der Waals surface area contributed by atoms with E-state index in [1.807, 2.05) is 24.3 Å². The molecular weight excluding hydrogens is 228 g/mol. The van der Waals surface area contributed by atoms with Crippen LogP contribution in [-0.4, -0.2) is 11.8 Å². The normalized spacial score (nSPS) is 22.7. The third kappa shape index (κ3) is 2.37. The molecule has 1 saturated carbocycles. The van der Waals surface area contributed by atoms with Crippen molar-refractivity contribution < 1.29 is 9.59 Å². The standard InChI is InChI=1S/C14H16N2O2/c17-13-8-7-12(16-13)9-3-5-11(6-4-9)15-14(18)10-1-2-10/h3-6,10,12H,1-2,7-8H2,(H,15,18)(H,16,17). The first-order valence-electron chi connectivity index (χ1n) is 6.42. The summed E-state index contributed by atoms with van der Waals surface area (Å²) >= 11 is 0. The summed E-state index contributed by atoms with van der Waals surface area (Å²) in [7, 11) is 0. The van der Waals surface area contributed by atoms with Crippen molar-refractivity contribution in [3.05, 3.63) is 29.8 Å². The number of nitrogens with one attached hydrogen (secondary N) is 2. The Morgan fingerprint density at radius 2 is 1.89 bits per heavy atom. The van der Waals surface area contributed by atoms with Gasteiger partial charge < -0.3 is 10.6 Å². The van der Waals surface area contributed by atoms with Crippen LogP contribution in [0.2, 0.25) is 0 Å². The maximum Gasteiger partial charge on any atom is 0.227 e. The van der Waals surface area contributed by atoms with Crippen molar-refractivity contribution in [1.29, 1.82) is 0 Å². The Hall–Kier alpha value is -1.84. The lowest BCUT2D eigenvalue weighted by Gasteiger charge is -2.11. The van der Waals surface area contributed by atoms with Gasteiger partial charge >= 0.3 is 0 Å². The van der Waals surface area contributed by atoms with E-state index in [1.165, 1.54) is 0 Å². The first kappa shape index (κ1) is 11.3. The first-order valence-corrected chi connectivity index (χ1v) is 6.42. The van der Waals surface area contributed by atoms with Crippen LogP contribution in [0.3, 0.4) is 0 Å². The predicted octanol–water partition coefficient (Wildman–Crippen LogP) is 1.99. The number of hydrogen-bond acceptors (Lipinski definition) is 2. The molecule has 1 unspecified atom stereocenters. The Balaban J connectivity index is 1.65. The molecule has 2 fully saturated rings. The van der Waals surface area contributed by atoms with Crippen molar-refractivity contribution in [1.82, 2.24) is 5.32 Å². The number of hydrogen-bond donors (Lipinski definition) is 2. The molecule has 1 aromatic rings. The van der Waals surface area contributed by atoms with Crippen LogP contribution in [0.15, 0.2) is 24.3 Å². The van der Waals surface area contributed by atoms with Crippen LogP contribution in [0.5, 0.6) is 0 Å². The Kier molecular flexibility index (Phi) is 2.78. The van der Waals surface area contributed by atoms with Gasteiger partial charge in [0.25, 0.3) is 0 Å². The lowest BCUT2D eigenvalue weighted by atomic mass is 10.1. The average molecular weight is 244 g/mol. The quantitative estimate of drug-likeness (QED) is 0.854. The fraction of sp³-hybridized carbons (Fsp3) is 0.429. The smallest absolute Gasteiger partial charge is 0.227 e. The van der Waals surface area contributed by atoms with Crippen molar-refractivity contribution in [2.75, 3.05) is 5.32 Å². The molecule has 2 amide bonds. The molecule has 1 atom stereocenters. The molecule has 1 heterocycles. The van der Waals surface area contributed by atoms with Crippen molar-refractivity contribution in [3.8, 4) is 0 Å². The zero-order chi connectivity index (χ0) is 12.5. The Labute approximate surface area is 106 Å². The third-order valence-corrected chi connectivity index (χ3v) is 3.52. The van der Waals surface area contributed by atoms with Crippen LogP contribution >= 0.6 is 0 Å². The molecule has 2 N–H and O–H groups in total. The molecule has 1 aliphatic carbocycles. The van der Waals surface area contributed by atoms with E-state index in [2.05, 4.69) is 10.6 Å². The molecule has 94 valence electrons. The fourth-order valence-electron chi connectivity index (χ4n) is 2.25. The molecule has 3 rings (SSSR count). The monoisotopic (exact) mass is 244 g/mol. The van der Waals surface area contributed by atoms with E-state index >= 15 is 0 Å². The van der Waals surface area contributed by atoms with Gasteiger partial charge in [0.1, 0.15) is 0 Å². The Morgan fingerprint density at radius 1 is 1.17 bits per heavy atom. The number of carbonyl (C=O) groups excluding carboxylic acids is 2. The maximum absolute atomic E-state index is 11.6. The van der Waals surface area contributed by atoms with Gasteiger partial charge in [-0.3, -0.25) is 9.59 Å². The topological polar surface area (TPSA) is 58.2 Å². The molecule has 1 aromatic carbocycles. The van der Waals surface area contributed by atoms with E-state index in [-0.39, 0.29) is 23.8 Å². The summed E-state index contributed by atoms with van der Waals surface area (Å²) in [6.07, 6.45) is 3.48. The SMILES string of the molecule is O=C1CCC(c2ccc(NC(=O)C3CC3)cc2)N1. The molecule has 2 aliphatic rings. The number of anilines is 1. The highest BCUT2D eigenvalue weighted by atomic mass is 16.2. The predicted molar refractivity (Wildman–Crippen MR) is 67.9 cm³/mol. The van der Waals surface area contributed by atoms with Crippen molar-refractivity contribution in [2.45, 2.75) is 31.7 Å². The molecule has 0 bridgehead atoms. The van der Waals surface area contributed by atoms with Gasteiger partial charge in [0.2, 0.25) is 11.8 Å². The Bertz CT molecular complexity index is 477. The maximum atomic E-state index is 11.6. The van der Waals surface area contributed by atoms with Crippen molar-refractivity contribution in [3.63, 3.8) is 0 Å². The van der Waals surface area contributed by atoms with Gasteiger partial charge in [0.05, 0.1) is 6.04 Å². The fourth-order valence-corrected chi connectivity index (χ4v) is 2.25. The molecule has 0 spiro atoms. The third-order valence-electron chi connectivity index (χ3n) is 3.52. The molecule has 1 aliphatic heterocycles. The van der Waals surface area contributed by atoms with E-state index in [4.69, 9.17) is 0 Å². The summed E-state index contributed by atoms with van der Waals surface area (Å²) in [6, 6.07) is 7.88. The highest BCUT2D eigenvalue weighted by Crippen LogP contribution is 2.30. The number of benzene rings is 1. The lowest BCUT2D eigenvalue weighted by Crippen LogP contribution is -2.18. The summed E-state index contributed by atoms with van der Waals surface area (Å²) in [5.74, 6) is 0.460. The zero-order valence-electron chi connectivity index (χ0n) is 10.1. The van der Waals surface area contributed by atoms with Crippen LogP contribution < -0.4 is 10.6 Å². The molecule has 4 heteroatoms. The molecule has 0 aromatic heterocycles. The van der Waals surface area contributed by atoms with Gasteiger partial charge in [-0.1, -0.05) is 12.1 Å². The van der Waals surface area contributed by atoms with E-state index in [0.717, 1.165) is 30.5 Å². The van der Waals surface area contributed by atoms with Crippen LogP contribution in [0.25, 0.3) is 0 Å². The van der Waals surface area contributed by atoms with Crippen LogP contribution in [0.4, 0.5) is 5.69 Å². The van der Waals surface area contributed by atoms with Crippen molar-refractivity contribution >= 4 is 17.5 Å². The molecule has 4 nitrogen and oxygen atoms in total. The van der Waals surface area contributed by atoms with Gasteiger partial charge in [-0.15, -0.1) is 0 Å². The molecule has 0 radical (unpaired) electrons. The van der Waals surface area contributed by atoms with Gasteiger partial charge in [-0.25, -0.2) is 0 Å². The average Bonchev–Trinajstić information content (AvgIpc) is 3.13. The van der Waals surface area contributed by atoms with E-state index < -0.39 is 0 Å². The summed E-state index contributed by atoms with van der Waals surface area (Å²) in [6.45, 7) is 0. The van der Waals surface area contributed by atoms with E-state index in [0.29, 0.717) is 6.42 Å². The van der Waals surface area contributed by atoms with Gasteiger partial charge in [0.15, 0.2) is 0 Å². The molecule has 1 saturated heterocycles. The minimum atomic E-state index is 0.117. The first-order chi connectivity index (χ1) is 8.72. The van der Waals surface area contributed by atoms with Crippen LogP contribution in [0, 0.1) is 5.92 Å². The largest absolute Gasteiger partial charge is 0.349 e. The van der Waals surface area contributed by atoms with E-state index in [1.54, 1.807) is 0 Å². The summed E-state index contributed by atoms with van der Waals surface area (Å²) < 4.78 is 0. The van der Waals surface area contributed by atoms with Gasteiger partial charge in [-0.05, 0) is 37.0 Å². The molecule has 18 heavy (non-hydrogen) atoms. The molecular formula is C14H16N2O2. The van der Waals surface area contributed by atoms with E-state index in [9.17, 15) is 9.59 Å². The number of amides is 2. The number of rotatable bonds is 3. The van der Waals surface area contributed by atoms with Crippen LogP contribution in [-0.2, 0) is 9.59 Å².